The monoisotopic (exact) mass is 464 g/mol. The van der Waals surface area contributed by atoms with Crippen LogP contribution in [0.15, 0.2) is 64.8 Å². The molecule has 1 atom stereocenters. The molecule has 0 aromatic heterocycles. The second kappa shape index (κ2) is 7.99. The number of carbonyl (C=O) groups excluding carboxylic acids is 1. The number of hydrogen-bond acceptors (Lipinski definition) is 4. The number of carbonyl (C=O) groups is 1. The van der Waals surface area contributed by atoms with Gasteiger partial charge in [-0.1, -0.05) is 59.0 Å². The van der Waals surface area contributed by atoms with Crippen molar-refractivity contribution in [1.82, 2.24) is 5.32 Å². The molecule has 134 valence electrons. The van der Waals surface area contributed by atoms with Crippen molar-refractivity contribution in [3.05, 3.63) is 82.3 Å². The maximum atomic E-state index is 13.7. The van der Waals surface area contributed by atoms with Crippen molar-refractivity contribution in [2.75, 3.05) is 7.11 Å². The van der Waals surface area contributed by atoms with Crippen molar-refractivity contribution in [2.24, 2.45) is 4.99 Å². The van der Waals surface area contributed by atoms with Crippen LogP contribution < -0.4 is 5.32 Å². The number of alkyl halides is 1. The maximum absolute atomic E-state index is 13.7. The Morgan fingerprint density at radius 2 is 2.00 bits per heavy atom. The van der Waals surface area contributed by atoms with Crippen molar-refractivity contribution in [3.63, 3.8) is 0 Å². The van der Waals surface area contributed by atoms with E-state index in [2.05, 4.69) is 27.9 Å². The standard InChI is InChI=1S/C20H18FIN2O2/c1-12-17(20(25)26-2)18(16-9-8-15(21)10-14(16)11-22)24-19(23-12)13-6-4-3-5-7-13/h3-10,18H,11H2,1-2H3,(H,23,24). The number of rotatable bonds is 4. The molecule has 0 bridgehead atoms. The number of amidine groups is 1. The average molecular weight is 464 g/mol. The van der Waals surface area contributed by atoms with Gasteiger partial charge in [-0.25, -0.2) is 9.18 Å². The molecule has 2 aromatic carbocycles. The van der Waals surface area contributed by atoms with Gasteiger partial charge in [-0.05, 0) is 30.2 Å². The highest BCUT2D eigenvalue weighted by Crippen LogP contribution is 2.35. The van der Waals surface area contributed by atoms with Gasteiger partial charge in [0.2, 0.25) is 0 Å². The summed E-state index contributed by atoms with van der Waals surface area (Å²) < 4.78 is 19.3. The number of nitrogens with one attached hydrogen (secondary N) is 1. The second-order valence-corrected chi connectivity index (χ2v) is 6.64. The fourth-order valence-electron chi connectivity index (χ4n) is 2.98. The molecule has 0 radical (unpaired) electrons. The molecule has 26 heavy (non-hydrogen) atoms. The fraction of sp³-hybridized carbons (Fsp3) is 0.200. The molecule has 3 rings (SSSR count). The van der Waals surface area contributed by atoms with Crippen LogP contribution in [0.4, 0.5) is 4.39 Å². The van der Waals surface area contributed by atoms with Gasteiger partial charge in [-0.15, -0.1) is 0 Å². The van der Waals surface area contributed by atoms with Gasteiger partial charge in [0.05, 0.1) is 12.7 Å². The Kier molecular flexibility index (Phi) is 5.70. The van der Waals surface area contributed by atoms with Gasteiger partial charge >= 0.3 is 5.97 Å². The minimum absolute atomic E-state index is 0.304. The minimum atomic E-state index is -0.552. The number of ether oxygens (including phenoxy) is 1. The number of benzene rings is 2. The summed E-state index contributed by atoms with van der Waals surface area (Å²) in [4.78, 5) is 17.2. The molecular weight excluding hydrogens is 446 g/mol. The lowest BCUT2D eigenvalue weighted by Crippen LogP contribution is -2.32. The molecule has 1 N–H and O–H groups in total. The van der Waals surface area contributed by atoms with Crippen LogP contribution in [0.3, 0.4) is 0 Å². The van der Waals surface area contributed by atoms with E-state index < -0.39 is 12.0 Å². The molecule has 1 aliphatic heterocycles. The molecule has 0 spiro atoms. The summed E-state index contributed by atoms with van der Waals surface area (Å²) in [6.45, 7) is 1.82. The molecular formula is C20H18FIN2O2. The number of aliphatic imine (C=N–C) groups is 1. The van der Waals surface area contributed by atoms with Gasteiger partial charge in [0.15, 0.2) is 0 Å². The Hall–Kier alpha value is -2.22. The zero-order chi connectivity index (χ0) is 18.7. The van der Waals surface area contributed by atoms with E-state index in [0.717, 1.165) is 16.7 Å². The van der Waals surface area contributed by atoms with Crippen LogP contribution >= 0.6 is 22.6 Å². The highest BCUT2D eigenvalue weighted by Gasteiger charge is 2.31. The van der Waals surface area contributed by atoms with Gasteiger partial charge in [-0.2, -0.15) is 0 Å². The topological polar surface area (TPSA) is 50.7 Å². The number of esters is 1. The van der Waals surface area contributed by atoms with E-state index in [4.69, 9.17) is 9.73 Å². The highest BCUT2D eigenvalue weighted by atomic mass is 127. The predicted octanol–water partition coefficient (Wildman–Crippen LogP) is 4.30. The third kappa shape index (κ3) is 3.65. The maximum Gasteiger partial charge on any atom is 0.338 e. The van der Waals surface area contributed by atoms with Crippen LogP contribution in [0.2, 0.25) is 0 Å². The summed E-state index contributed by atoms with van der Waals surface area (Å²) in [5.74, 6) is -0.0778. The molecule has 1 unspecified atom stereocenters. The summed E-state index contributed by atoms with van der Waals surface area (Å²) in [6.07, 6.45) is 0. The summed E-state index contributed by atoms with van der Waals surface area (Å²) in [6, 6.07) is 13.7. The first-order valence-corrected chi connectivity index (χ1v) is 9.61. The van der Waals surface area contributed by atoms with Gasteiger partial charge in [-0.3, -0.25) is 4.99 Å². The zero-order valence-corrected chi connectivity index (χ0v) is 16.6. The smallest absolute Gasteiger partial charge is 0.338 e. The van der Waals surface area contributed by atoms with Crippen molar-refractivity contribution >= 4 is 34.4 Å². The van der Waals surface area contributed by atoms with Crippen LogP contribution in [0.5, 0.6) is 0 Å². The van der Waals surface area contributed by atoms with Crippen molar-refractivity contribution in [3.8, 4) is 0 Å². The van der Waals surface area contributed by atoms with Crippen molar-refractivity contribution in [2.45, 2.75) is 17.4 Å². The number of allylic oxidation sites excluding steroid dienone is 1. The number of methoxy groups -OCH3 is 1. The Morgan fingerprint density at radius 1 is 1.27 bits per heavy atom. The van der Waals surface area contributed by atoms with E-state index in [9.17, 15) is 9.18 Å². The lowest BCUT2D eigenvalue weighted by Gasteiger charge is -2.27. The average Bonchev–Trinajstić information content (AvgIpc) is 2.67. The lowest BCUT2D eigenvalue weighted by molar-refractivity contribution is -0.136. The largest absolute Gasteiger partial charge is 0.466 e. The fourth-order valence-corrected chi connectivity index (χ4v) is 3.64. The third-order valence-corrected chi connectivity index (χ3v) is 5.06. The van der Waals surface area contributed by atoms with E-state index >= 15 is 0 Å². The Balaban J connectivity index is 2.16. The molecule has 0 fully saturated rings. The van der Waals surface area contributed by atoms with E-state index in [1.54, 1.807) is 6.07 Å². The predicted molar refractivity (Wildman–Crippen MR) is 108 cm³/mol. The normalized spacial score (nSPS) is 16.8. The van der Waals surface area contributed by atoms with E-state index in [1.165, 1.54) is 19.2 Å². The molecule has 2 aromatic rings. The molecule has 4 nitrogen and oxygen atoms in total. The van der Waals surface area contributed by atoms with Gasteiger partial charge in [0.1, 0.15) is 17.7 Å². The lowest BCUT2D eigenvalue weighted by atomic mass is 9.92. The van der Waals surface area contributed by atoms with E-state index in [-0.39, 0.29) is 5.82 Å². The van der Waals surface area contributed by atoms with Gasteiger partial charge < -0.3 is 10.1 Å². The minimum Gasteiger partial charge on any atom is -0.466 e. The molecule has 0 aliphatic carbocycles. The quantitative estimate of drug-likeness (QED) is 0.417. The first-order valence-electron chi connectivity index (χ1n) is 8.08. The van der Waals surface area contributed by atoms with Crippen LogP contribution in [-0.2, 0) is 14.0 Å². The molecule has 1 heterocycles. The molecule has 6 heteroatoms. The highest BCUT2D eigenvalue weighted by molar-refractivity contribution is 14.1. The molecule has 0 amide bonds. The van der Waals surface area contributed by atoms with Crippen molar-refractivity contribution in [1.29, 1.82) is 0 Å². The van der Waals surface area contributed by atoms with E-state index in [1.807, 2.05) is 37.3 Å². The summed E-state index contributed by atoms with van der Waals surface area (Å²) in [5.41, 5.74) is 3.64. The zero-order valence-electron chi connectivity index (χ0n) is 14.4. The molecule has 0 saturated carbocycles. The Bertz CT molecular complexity index is 894. The van der Waals surface area contributed by atoms with Crippen LogP contribution in [-0.4, -0.2) is 18.9 Å². The number of nitrogens with zero attached hydrogens (tertiary/aromatic N) is 1. The Labute approximate surface area is 165 Å². The summed E-state index contributed by atoms with van der Waals surface area (Å²) in [5, 5.41) is 3.20. The third-order valence-electron chi connectivity index (χ3n) is 4.24. The van der Waals surface area contributed by atoms with Crippen LogP contribution in [0.1, 0.15) is 29.7 Å². The van der Waals surface area contributed by atoms with Gasteiger partial charge in [0, 0.05) is 15.7 Å². The van der Waals surface area contributed by atoms with Crippen LogP contribution in [0, 0.1) is 5.82 Å². The van der Waals surface area contributed by atoms with Gasteiger partial charge in [0.25, 0.3) is 0 Å². The van der Waals surface area contributed by atoms with Crippen LogP contribution in [0.25, 0.3) is 0 Å². The molecule has 0 saturated heterocycles. The first-order chi connectivity index (χ1) is 12.5. The summed E-state index contributed by atoms with van der Waals surface area (Å²) in [7, 11) is 1.35. The summed E-state index contributed by atoms with van der Waals surface area (Å²) >= 11 is 2.18. The Morgan fingerprint density at radius 3 is 2.65 bits per heavy atom. The second-order valence-electron chi connectivity index (χ2n) is 5.88. The first kappa shape index (κ1) is 18.6. The van der Waals surface area contributed by atoms with E-state index in [0.29, 0.717) is 21.5 Å². The SMILES string of the molecule is COC(=O)C1=C(C)NC(c2ccccc2)=NC1c1ccc(F)cc1CI. The number of halogens is 2. The molecule has 1 aliphatic rings. The number of hydrogen-bond donors (Lipinski definition) is 1. The van der Waals surface area contributed by atoms with Crippen molar-refractivity contribution < 1.29 is 13.9 Å².